The summed E-state index contributed by atoms with van der Waals surface area (Å²) in [5.41, 5.74) is 0. The fraction of sp³-hybridized carbons (Fsp3) is 0.727. The number of nitrogens with zero attached hydrogens (tertiary/aromatic N) is 4. The Kier molecular flexibility index (Phi) is 3.74. The van der Waals surface area contributed by atoms with Crippen LogP contribution in [0.2, 0.25) is 0 Å². The maximum absolute atomic E-state index is 12.3. The summed E-state index contributed by atoms with van der Waals surface area (Å²) in [6, 6.07) is 0.466. The topological polar surface area (TPSA) is 58.4 Å². The van der Waals surface area contributed by atoms with E-state index in [1.807, 2.05) is 0 Å². The SMILES string of the molecule is CC(C)N1CCN(S(=O)(=O)c2cnn(C)c2)CC1. The van der Waals surface area contributed by atoms with E-state index in [4.69, 9.17) is 0 Å². The van der Waals surface area contributed by atoms with Crippen LogP contribution in [0.15, 0.2) is 17.3 Å². The van der Waals surface area contributed by atoms with E-state index in [1.54, 1.807) is 17.5 Å². The maximum Gasteiger partial charge on any atom is 0.246 e. The molecule has 0 spiro atoms. The highest BCUT2D eigenvalue weighted by Gasteiger charge is 2.29. The molecule has 0 bridgehead atoms. The molecule has 0 unspecified atom stereocenters. The first-order valence-corrected chi connectivity index (χ1v) is 7.58. The molecule has 0 radical (unpaired) electrons. The van der Waals surface area contributed by atoms with Crippen molar-refractivity contribution in [2.24, 2.45) is 7.05 Å². The van der Waals surface area contributed by atoms with Crippen LogP contribution in [0.25, 0.3) is 0 Å². The minimum atomic E-state index is -3.37. The second kappa shape index (κ2) is 4.99. The number of aryl methyl sites for hydroxylation is 1. The fourth-order valence-electron chi connectivity index (χ4n) is 2.14. The number of hydrogen-bond acceptors (Lipinski definition) is 4. The van der Waals surface area contributed by atoms with Crippen molar-refractivity contribution in [3.05, 3.63) is 12.4 Å². The van der Waals surface area contributed by atoms with Crippen molar-refractivity contribution in [1.82, 2.24) is 19.0 Å². The van der Waals surface area contributed by atoms with Gasteiger partial charge in [-0.25, -0.2) is 8.42 Å². The van der Waals surface area contributed by atoms with Gasteiger partial charge < -0.3 is 0 Å². The molecule has 2 heterocycles. The number of piperazine rings is 1. The van der Waals surface area contributed by atoms with Crippen LogP contribution in [0, 0.1) is 0 Å². The average molecular weight is 272 g/mol. The monoisotopic (exact) mass is 272 g/mol. The van der Waals surface area contributed by atoms with Gasteiger partial charge in [-0.05, 0) is 13.8 Å². The molecule has 0 saturated carbocycles. The molecule has 6 nitrogen and oxygen atoms in total. The second-order valence-electron chi connectivity index (χ2n) is 4.88. The van der Waals surface area contributed by atoms with Gasteiger partial charge >= 0.3 is 0 Å². The van der Waals surface area contributed by atoms with Gasteiger partial charge in [0.05, 0.1) is 6.20 Å². The maximum atomic E-state index is 12.3. The largest absolute Gasteiger partial charge is 0.298 e. The summed E-state index contributed by atoms with van der Waals surface area (Å²) >= 11 is 0. The zero-order valence-electron chi connectivity index (χ0n) is 11.1. The van der Waals surface area contributed by atoms with E-state index < -0.39 is 10.0 Å². The average Bonchev–Trinajstić information content (AvgIpc) is 2.76. The van der Waals surface area contributed by atoms with E-state index in [9.17, 15) is 8.42 Å². The first-order valence-electron chi connectivity index (χ1n) is 6.14. The lowest BCUT2D eigenvalue weighted by atomic mass is 10.3. The molecule has 1 aromatic rings. The number of hydrogen-bond donors (Lipinski definition) is 0. The summed E-state index contributed by atoms with van der Waals surface area (Å²) in [5, 5.41) is 3.92. The molecule has 0 aromatic carbocycles. The Labute approximate surface area is 108 Å². The zero-order valence-corrected chi connectivity index (χ0v) is 11.9. The van der Waals surface area contributed by atoms with E-state index >= 15 is 0 Å². The molecule has 18 heavy (non-hydrogen) atoms. The lowest BCUT2D eigenvalue weighted by Gasteiger charge is -2.35. The van der Waals surface area contributed by atoms with Crippen LogP contribution in [0.3, 0.4) is 0 Å². The van der Waals surface area contributed by atoms with Gasteiger partial charge in [0.2, 0.25) is 10.0 Å². The van der Waals surface area contributed by atoms with Crippen LogP contribution < -0.4 is 0 Å². The minimum Gasteiger partial charge on any atom is -0.298 e. The van der Waals surface area contributed by atoms with E-state index in [-0.39, 0.29) is 4.90 Å². The van der Waals surface area contributed by atoms with Crippen molar-refractivity contribution >= 4 is 10.0 Å². The quantitative estimate of drug-likeness (QED) is 0.785. The highest BCUT2D eigenvalue weighted by molar-refractivity contribution is 7.89. The van der Waals surface area contributed by atoms with Gasteiger partial charge in [-0.1, -0.05) is 0 Å². The number of sulfonamides is 1. The predicted octanol–water partition coefficient (Wildman–Crippen LogP) is 0.135. The molecule has 2 rings (SSSR count). The van der Waals surface area contributed by atoms with Crippen LogP contribution >= 0.6 is 0 Å². The van der Waals surface area contributed by atoms with Gasteiger partial charge in [0.1, 0.15) is 4.90 Å². The molecule has 0 N–H and O–H groups in total. The Morgan fingerprint density at radius 1 is 1.22 bits per heavy atom. The summed E-state index contributed by atoms with van der Waals surface area (Å²) in [4.78, 5) is 2.57. The van der Waals surface area contributed by atoms with Crippen molar-refractivity contribution in [3.8, 4) is 0 Å². The van der Waals surface area contributed by atoms with E-state index in [0.29, 0.717) is 19.1 Å². The number of aromatic nitrogens is 2. The summed E-state index contributed by atoms with van der Waals surface area (Å²) in [6.07, 6.45) is 2.95. The van der Waals surface area contributed by atoms with Gasteiger partial charge in [-0.2, -0.15) is 9.40 Å². The van der Waals surface area contributed by atoms with Crippen LogP contribution in [0.1, 0.15) is 13.8 Å². The van der Waals surface area contributed by atoms with Gasteiger partial charge in [0, 0.05) is 45.5 Å². The molecule has 0 aliphatic carbocycles. The third-order valence-corrected chi connectivity index (χ3v) is 5.17. The minimum absolute atomic E-state index is 0.281. The molecular weight excluding hydrogens is 252 g/mol. The fourth-order valence-corrected chi connectivity index (χ4v) is 3.55. The van der Waals surface area contributed by atoms with Gasteiger partial charge in [-0.15, -0.1) is 0 Å². The number of rotatable bonds is 3. The van der Waals surface area contributed by atoms with Crippen molar-refractivity contribution in [2.45, 2.75) is 24.8 Å². The van der Waals surface area contributed by atoms with Crippen molar-refractivity contribution in [1.29, 1.82) is 0 Å². The Morgan fingerprint density at radius 3 is 2.28 bits per heavy atom. The highest BCUT2D eigenvalue weighted by Crippen LogP contribution is 2.17. The lowest BCUT2D eigenvalue weighted by molar-refractivity contribution is 0.154. The van der Waals surface area contributed by atoms with Gasteiger partial charge in [-0.3, -0.25) is 9.58 Å². The first-order chi connectivity index (χ1) is 8.41. The zero-order chi connectivity index (χ0) is 13.3. The highest BCUT2D eigenvalue weighted by atomic mass is 32.2. The molecule has 1 aliphatic heterocycles. The Hall–Kier alpha value is -0.920. The molecule has 7 heteroatoms. The second-order valence-corrected chi connectivity index (χ2v) is 6.82. The molecule has 1 saturated heterocycles. The van der Waals surface area contributed by atoms with Crippen molar-refractivity contribution in [3.63, 3.8) is 0 Å². The molecule has 0 amide bonds. The van der Waals surface area contributed by atoms with Crippen LogP contribution in [0.4, 0.5) is 0 Å². The molecule has 1 aliphatic rings. The third kappa shape index (κ3) is 2.57. The molecule has 1 aromatic heterocycles. The molecule has 0 atom stereocenters. The molecule has 102 valence electrons. The Morgan fingerprint density at radius 2 is 1.83 bits per heavy atom. The normalized spacial score (nSPS) is 19.6. The lowest BCUT2D eigenvalue weighted by Crippen LogP contribution is -2.50. The van der Waals surface area contributed by atoms with Crippen LogP contribution in [-0.4, -0.2) is 59.6 Å². The van der Waals surface area contributed by atoms with Gasteiger partial charge in [0.25, 0.3) is 0 Å². The van der Waals surface area contributed by atoms with Crippen molar-refractivity contribution < 1.29 is 8.42 Å². The third-order valence-electron chi connectivity index (χ3n) is 3.32. The Balaban J connectivity index is 2.09. The summed E-state index contributed by atoms with van der Waals surface area (Å²) in [5.74, 6) is 0. The molecule has 1 fully saturated rings. The van der Waals surface area contributed by atoms with Crippen molar-refractivity contribution in [2.75, 3.05) is 26.2 Å². The van der Waals surface area contributed by atoms with E-state index in [0.717, 1.165) is 13.1 Å². The van der Waals surface area contributed by atoms with E-state index in [1.165, 1.54) is 10.9 Å². The predicted molar refractivity (Wildman–Crippen MR) is 68.7 cm³/mol. The smallest absolute Gasteiger partial charge is 0.246 e. The summed E-state index contributed by atoms with van der Waals surface area (Å²) in [7, 11) is -1.65. The van der Waals surface area contributed by atoms with E-state index in [2.05, 4.69) is 23.8 Å². The summed E-state index contributed by atoms with van der Waals surface area (Å²) < 4.78 is 27.7. The first kappa shape index (κ1) is 13.5. The van der Waals surface area contributed by atoms with Crippen LogP contribution in [-0.2, 0) is 17.1 Å². The standard InChI is InChI=1S/C11H20N4O2S/c1-10(2)14-4-6-15(7-5-14)18(16,17)11-8-12-13(3)9-11/h8-10H,4-7H2,1-3H3. The van der Waals surface area contributed by atoms with Crippen LogP contribution in [0.5, 0.6) is 0 Å². The molecular formula is C11H20N4O2S. The Bertz CT molecular complexity index is 501. The summed E-state index contributed by atoms with van der Waals surface area (Å²) in [6.45, 7) is 6.94. The van der Waals surface area contributed by atoms with Gasteiger partial charge in [0.15, 0.2) is 0 Å².